The van der Waals surface area contributed by atoms with Gasteiger partial charge in [-0.05, 0) is 20.8 Å². The fourth-order valence-corrected chi connectivity index (χ4v) is 1.92. The van der Waals surface area contributed by atoms with Crippen LogP contribution < -0.4 is 10.6 Å². The van der Waals surface area contributed by atoms with E-state index in [-0.39, 0.29) is 0 Å². The zero-order valence-corrected chi connectivity index (χ0v) is 13.8. The molecule has 124 valence electrons. The van der Waals surface area contributed by atoms with Crippen molar-refractivity contribution in [3.05, 3.63) is 36.0 Å². The molecule has 0 bridgehead atoms. The molecule has 8 heteroatoms. The van der Waals surface area contributed by atoms with Gasteiger partial charge in [0.2, 0.25) is 0 Å². The zero-order chi connectivity index (χ0) is 16.9. The molecule has 1 amide bonds. The molecule has 0 aromatic carbocycles. The van der Waals surface area contributed by atoms with Crippen molar-refractivity contribution in [1.82, 2.24) is 25.1 Å². The van der Waals surface area contributed by atoms with Gasteiger partial charge < -0.3 is 10.1 Å². The Hall–Kier alpha value is -2.48. The summed E-state index contributed by atoms with van der Waals surface area (Å²) >= 11 is 0. The summed E-state index contributed by atoms with van der Waals surface area (Å²) in [6, 6.07) is 0. The molecule has 0 fully saturated rings. The maximum absolute atomic E-state index is 11.9. The van der Waals surface area contributed by atoms with Crippen LogP contribution in [0.25, 0.3) is 0 Å². The Morgan fingerprint density at radius 2 is 2.04 bits per heavy atom. The molecule has 0 saturated heterocycles. The van der Waals surface area contributed by atoms with E-state index in [1.165, 1.54) is 0 Å². The fraction of sp³-hybridized carbons (Fsp3) is 0.467. The molecule has 0 aliphatic carbocycles. The van der Waals surface area contributed by atoms with Crippen LogP contribution in [-0.2, 0) is 24.9 Å². The average Bonchev–Trinajstić information content (AvgIpc) is 2.79. The van der Waals surface area contributed by atoms with Gasteiger partial charge in [-0.3, -0.25) is 20.0 Å². The summed E-state index contributed by atoms with van der Waals surface area (Å²) in [6.45, 7) is 6.57. The number of rotatable bonds is 5. The van der Waals surface area contributed by atoms with Crippen molar-refractivity contribution in [2.24, 2.45) is 7.05 Å². The van der Waals surface area contributed by atoms with E-state index in [0.29, 0.717) is 18.9 Å². The minimum Gasteiger partial charge on any atom is -0.444 e. The third kappa shape index (κ3) is 5.33. The van der Waals surface area contributed by atoms with Crippen molar-refractivity contribution < 1.29 is 9.53 Å². The number of aryl methyl sites for hydroxylation is 1. The normalized spacial score (nSPS) is 11.3. The first-order valence-electron chi connectivity index (χ1n) is 7.31. The molecule has 0 spiro atoms. The molecule has 2 aromatic rings. The van der Waals surface area contributed by atoms with Gasteiger partial charge in [0.15, 0.2) is 0 Å². The Kier molecular flexibility index (Phi) is 5.28. The molecule has 23 heavy (non-hydrogen) atoms. The molecule has 2 aromatic heterocycles. The Balaban J connectivity index is 1.94. The summed E-state index contributed by atoms with van der Waals surface area (Å²) in [4.78, 5) is 20.1. The van der Waals surface area contributed by atoms with Crippen LogP contribution in [0.2, 0.25) is 0 Å². The summed E-state index contributed by atoms with van der Waals surface area (Å²) in [6.07, 6.45) is 6.19. The molecular weight excluding hydrogens is 296 g/mol. The average molecular weight is 318 g/mol. The topological polar surface area (TPSA) is 94.0 Å². The lowest BCUT2D eigenvalue weighted by Gasteiger charge is -2.20. The predicted octanol–water partition coefficient (Wildman–Crippen LogP) is 1.85. The highest BCUT2D eigenvalue weighted by Crippen LogP contribution is 2.16. The number of nitrogens with one attached hydrogen (secondary N) is 2. The number of carbonyl (C=O) groups excluding carboxylic acids is 1. The van der Waals surface area contributed by atoms with Crippen molar-refractivity contribution in [2.45, 2.75) is 39.5 Å². The summed E-state index contributed by atoms with van der Waals surface area (Å²) in [5.74, 6) is 0.603. The van der Waals surface area contributed by atoms with Gasteiger partial charge in [-0.2, -0.15) is 5.10 Å². The Morgan fingerprint density at radius 3 is 2.70 bits per heavy atom. The minimum atomic E-state index is -0.549. The number of nitrogens with zero attached hydrogens (tertiary/aromatic N) is 4. The molecule has 0 aliphatic rings. The van der Waals surface area contributed by atoms with E-state index < -0.39 is 11.7 Å². The van der Waals surface area contributed by atoms with E-state index in [9.17, 15) is 4.79 Å². The number of hydrogen-bond donors (Lipinski definition) is 2. The van der Waals surface area contributed by atoms with Crippen molar-refractivity contribution in [1.29, 1.82) is 0 Å². The van der Waals surface area contributed by atoms with Crippen LogP contribution in [0.5, 0.6) is 0 Å². The van der Waals surface area contributed by atoms with Crippen LogP contribution in [0, 0.1) is 0 Å². The number of hydrogen-bond acceptors (Lipinski definition) is 6. The van der Waals surface area contributed by atoms with Crippen LogP contribution in [0.1, 0.15) is 32.0 Å². The SMILES string of the molecule is Cn1ncc(CNCc2cnccn2)c1NC(=O)OC(C)(C)C. The molecule has 2 heterocycles. The number of anilines is 1. The van der Waals surface area contributed by atoms with E-state index in [0.717, 1.165) is 11.3 Å². The maximum atomic E-state index is 11.9. The first-order chi connectivity index (χ1) is 10.8. The van der Waals surface area contributed by atoms with Crippen LogP contribution >= 0.6 is 0 Å². The van der Waals surface area contributed by atoms with Crippen LogP contribution in [0.15, 0.2) is 24.8 Å². The Bertz CT molecular complexity index is 648. The van der Waals surface area contributed by atoms with Crippen LogP contribution in [-0.4, -0.2) is 31.4 Å². The molecule has 0 unspecified atom stereocenters. The zero-order valence-electron chi connectivity index (χ0n) is 13.8. The minimum absolute atomic E-state index is 0.503. The van der Waals surface area contributed by atoms with Crippen molar-refractivity contribution in [3.63, 3.8) is 0 Å². The molecule has 0 atom stereocenters. The summed E-state index contributed by atoms with van der Waals surface area (Å²) in [5, 5.41) is 10.2. The predicted molar refractivity (Wildman–Crippen MR) is 85.6 cm³/mol. The van der Waals surface area contributed by atoms with Crippen molar-refractivity contribution >= 4 is 11.9 Å². The summed E-state index contributed by atoms with van der Waals surface area (Å²) in [7, 11) is 1.76. The van der Waals surface area contributed by atoms with Crippen molar-refractivity contribution in [3.8, 4) is 0 Å². The highest BCUT2D eigenvalue weighted by Gasteiger charge is 2.18. The standard InChI is InChI=1S/C15H22N6O2/c1-15(2,3)23-14(22)20-13-11(8-19-21(13)4)7-17-10-12-9-16-5-6-18-12/h5-6,8-9,17H,7,10H2,1-4H3,(H,20,22). The van der Waals surface area contributed by atoms with E-state index in [4.69, 9.17) is 4.74 Å². The first-order valence-corrected chi connectivity index (χ1v) is 7.31. The van der Waals surface area contributed by atoms with Gasteiger partial charge in [0, 0.05) is 44.3 Å². The van der Waals surface area contributed by atoms with E-state index in [2.05, 4.69) is 25.7 Å². The van der Waals surface area contributed by atoms with Crippen LogP contribution in [0.3, 0.4) is 0 Å². The largest absolute Gasteiger partial charge is 0.444 e. The highest BCUT2D eigenvalue weighted by molar-refractivity contribution is 5.84. The molecule has 2 rings (SSSR count). The quantitative estimate of drug-likeness (QED) is 0.874. The maximum Gasteiger partial charge on any atom is 0.413 e. The lowest BCUT2D eigenvalue weighted by Crippen LogP contribution is -2.28. The number of amides is 1. The molecule has 0 radical (unpaired) electrons. The lowest BCUT2D eigenvalue weighted by atomic mass is 10.2. The third-order valence-corrected chi connectivity index (χ3v) is 2.87. The van der Waals surface area contributed by atoms with Gasteiger partial charge in [0.1, 0.15) is 11.4 Å². The first kappa shape index (κ1) is 16.9. The van der Waals surface area contributed by atoms with Gasteiger partial charge in [-0.25, -0.2) is 4.79 Å². The molecular formula is C15H22N6O2. The van der Waals surface area contributed by atoms with Crippen molar-refractivity contribution in [2.75, 3.05) is 5.32 Å². The molecule has 8 nitrogen and oxygen atoms in total. The van der Waals surface area contributed by atoms with E-state index in [1.54, 1.807) is 36.5 Å². The monoisotopic (exact) mass is 318 g/mol. The van der Waals surface area contributed by atoms with E-state index >= 15 is 0 Å². The second kappa shape index (κ2) is 7.19. The highest BCUT2D eigenvalue weighted by atomic mass is 16.6. The van der Waals surface area contributed by atoms with Crippen LogP contribution in [0.4, 0.5) is 10.6 Å². The summed E-state index contributed by atoms with van der Waals surface area (Å²) < 4.78 is 6.87. The third-order valence-electron chi connectivity index (χ3n) is 2.87. The molecule has 2 N–H and O–H groups in total. The van der Waals surface area contributed by atoms with Gasteiger partial charge in [-0.15, -0.1) is 0 Å². The smallest absolute Gasteiger partial charge is 0.413 e. The second-order valence-electron chi connectivity index (χ2n) is 6.07. The van der Waals surface area contributed by atoms with Gasteiger partial charge in [-0.1, -0.05) is 0 Å². The number of carbonyl (C=O) groups is 1. The van der Waals surface area contributed by atoms with Gasteiger partial charge >= 0.3 is 6.09 Å². The summed E-state index contributed by atoms with van der Waals surface area (Å²) in [5.41, 5.74) is 1.16. The van der Waals surface area contributed by atoms with Gasteiger partial charge in [0.05, 0.1) is 11.9 Å². The van der Waals surface area contributed by atoms with Gasteiger partial charge in [0.25, 0.3) is 0 Å². The molecule has 0 aliphatic heterocycles. The lowest BCUT2D eigenvalue weighted by molar-refractivity contribution is 0.0634. The Morgan fingerprint density at radius 1 is 1.26 bits per heavy atom. The molecule has 0 saturated carbocycles. The number of aromatic nitrogens is 4. The van der Waals surface area contributed by atoms with E-state index in [1.807, 2.05) is 20.8 Å². The second-order valence-corrected chi connectivity index (χ2v) is 6.07. The number of ether oxygens (including phenoxy) is 1. The fourth-order valence-electron chi connectivity index (χ4n) is 1.92. The Labute approximate surface area is 135 Å².